The molecule has 0 aromatic carbocycles. The van der Waals surface area contributed by atoms with Gasteiger partial charge >= 0.3 is 6.01 Å². The smallest absolute Gasteiger partial charge is 0.321 e. The Labute approximate surface area is 110 Å². The van der Waals surface area contributed by atoms with Crippen molar-refractivity contribution in [3.05, 3.63) is 29.3 Å². The van der Waals surface area contributed by atoms with Gasteiger partial charge in [-0.1, -0.05) is 0 Å². The van der Waals surface area contributed by atoms with Gasteiger partial charge in [-0.3, -0.25) is 4.98 Å². The van der Waals surface area contributed by atoms with Gasteiger partial charge in [-0.25, -0.2) is 0 Å². The summed E-state index contributed by atoms with van der Waals surface area (Å²) in [7, 11) is 0. The van der Waals surface area contributed by atoms with Crippen molar-refractivity contribution in [1.29, 1.82) is 0 Å². The Bertz CT molecular complexity index is 560. The first-order chi connectivity index (χ1) is 8.54. The fourth-order valence-corrected chi connectivity index (χ4v) is 1.56. The van der Waals surface area contributed by atoms with Gasteiger partial charge in [0.1, 0.15) is 0 Å². The first-order valence-electron chi connectivity index (χ1n) is 5.56. The molecule has 0 atom stereocenters. The number of nitrogens with zero attached hydrogens (tertiary/aromatic N) is 4. The maximum atomic E-state index is 5.87. The van der Waals surface area contributed by atoms with Crippen molar-refractivity contribution in [3.8, 4) is 17.4 Å². The van der Waals surface area contributed by atoms with E-state index in [-0.39, 0.29) is 17.4 Å². The van der Waals surface area contributed by atoms with Crippen molar-refractivity contribution in [2.75, 3.05) is 0 Å². The van der Waals surface area contributed by atoms with Crippen LogP contribution in [0.5, 0.6) is 6.01 Å². The molecule has 5 nitrogen and oxygen atoms in total. The van der Waals surface area contributed by atoms with Crippen LogP contribution in [-0.4, -0.2) is 26.0 Å². The van der Waals surface area contributed by atoms with Crippen LogP contribution in [0.1, 0.15) is 19.5 Å². The average Bonchev–Trinajstić information content (AvgIpc) is 2.27. The Hall–Kier alpha value is -1.75. The van der Waals surface area contributed by atoms with Gasteiger partial charge < -0.3 is 4.74 Å². The Morgan fingerprint density at radius 2 is 2.00 bits per heavy atom. The molecule has 0 fully saturated rings. The summed E-state index contributed by atoms with van der Waals surface area (Å²) in [6.45, 7) is 5.69. The minimum absolute atomic E-state index is 0.0181. The molecular weight excluding hydrogens is 252 g/mol. The van der Waals surface area contributed by atoms with E-state index >= 15 is 0 Å². The molecule has 94 valence electrons. The van der Waals surface area contributed by atoms with Gasteiger partial charge in [-0.15, -0.1) is 0 Å². The zero-order chi connectivity index (χ0) is 13.1. The summed E-state index contributed by atoms with van der Waals surface area (Å²) < 4.78 is 5.43. The largest absolute Gasteiger partial charge is 0.461 e. The maximum absolute atomic E-state index is 5.87. The third kappa shape index (κ3) is 3.13. The summed E-state index contributed by atoms with van der Waals surface area (Å²) in [6, 6.07) is 3.93. The lowest BCUT2D eigenvalue weighted by Gasteiger charge is -2.08. The minimum Gasteiger partial charge on any atom is -0.461 e. The van der Waals surface area contributed by atoms with E-state index in [0.29, 0.717) is 5.82 Å². The Morgan fingerprint density at radius 3 is 2.67 bits per heavy atom. The molecule has 0 radical (unpaired) electrons. The van der Waals surface area contributed by atoms with Crippen LogP contribution in [0.3, 0.4) is 0 Å². The van der Waals surface area contributed by atoms with Crippen molar-refractivity contribution >= 4 is 11.6 Å². The van der Waals surface area contributed by atoms with Gasteiger partial charge in [0.2, 0.25) is 5.28 Å². The summed E-state index contributed by atoms with van der Waals surface area (Å²) in [6.07, 6.45) is 1.68. The summed E-state index contributed by atoms with van der Waals surface area (Å²) in [5.41, 5.74) is 1.72. The second kappa shape index (κ2) is 5.27. The molecule has 0 unspecified atom stereocenters. The first-order valence-corrected chi connectivity index (χ1v) is 5.93. The SMILES string of the molecule is Cc1cc(-c2nc(Cl)nc(OC(C)C)n2)ccn1. The lowest BCUT2D eigenvalue weighted by molar-refractivity contribution is 0.222. The molecule has 0 bridgehead atoms. The molecule has 0 aliphatic heterocycles. The highest BCUT2D eigenvalue weighted by atomic mass is 35.5. The molecule has 6 heteroatoms. The van der Waals surface area contributed by atoms with Crippen LogP contribution in [0.15, 0.2) is 18.3 Å². The molecule has 0 aliphatic rings. The fraction of sp³-hybridized carbons (Fsp3) is 0.333. The molecule has 2 aromatic heterocycles. The Balaban J connectivity index is 2.41. The number of hydrogen-bond donors (Lipinski definition) is 0. The number of halogens is 1. The van der Waals surface area contributed by atoms with Gasteiger partial charge in [0.25, 0.3) is 0 Å². The number of ether oxygens (including phenoxy) is 1. The molecule has 0 N–H and O–H groups in total. The number of pyridine rings is 1. The third-order valence-corrected chi connectivity index (χ3v) is 2.25. The zero-order valence-electron chi connectivity index (χ0n) is 10.4. The average molecular weight is 265 g/mol. The summed E-state index contributed by atoms with van der Waals surface area (Å²) in [4.78, 5) is 16.4. The lowest BCUT2D eigenvalue weighted by Crippen LogP contribution is -2.09. The standard InChI is InChI=1S/C12H13ClN4O/c1-7(2)18-12-16-10(15-11(13)17-12)9-4-5-14-8(3)6-9/h4-7H,1-3H3. The van der Waals surface area contributed by atoms with Crippen molar-refractivity contribution in [2.24, 2.45) is 0 Å². The highest BCUT2D eigenvalue weighted by Crippen LogP contribution is 2.19. The molecule has 0 saturated heterocycles. The minimum atomic E-state index is -0.0181. The summed E-state index contributed by atoms with van der Waals surface area (Å²) >= 11 is 5.87. The van der Waals surface area contributed by atoms with Gasteiger partial charge in [-0.2, -0.15) is 15.0 Å². The van der Waals surface area contributed by atoms with Crippen LogP contribution in [0.2, 0.25) is 5.28 Å². The van der Waals surface area contributed by atoms with E-state index < -0.39 is 0 Å². The van der Waals surface area contributed by atoms with Crippen LogP contribution in [0.25, 0.3) is 11.4 Å². The van der Waals surface area contributed by atoms with E-state index in [1.165, 1.54) is 0 Å². The molecule has 18 heavy (non-hydrogen) atoms. The van der Waals surface area contributed by atoms with Gasteiger partial charge in [0.05, 0.1) is 6.10 Å². The topological polar surface area (TPSA) is 60.8 Å². The second-order valence-corrected chi connectivity index (χ2v) is 4.40. The van der Waals surface area contributed by atoms with Crippen molar-refractivity contribution in [1.82, 2.24) is 19.9 Å². The van der Waals surface area contributed by atoms with Crippen LogP contribution < -0.4 is 4.74 Å². The molecular formula is C12H13ClN4O. The van der Waals surface area contributed by atoms with Crippen molar-refractivity contribution in [2.45, 2.75) is 26.9 Å². The normalized spacial score (nSPS) is 10.7. The zero-order valence-corrected chi connectivity index (χ0v) is 11.1. The van der Waals surface area contributed by atoms with Gasteiger partial charge in [0.15, 0.2) is 5.82 Å². The predicted molar refractivity (Wildman–Crippen MR) is 68.6 cm³/mol. The van der Waals surface area contributed by atoms with Gasteiger partial charge in [-0.05, 0) is 44.5 Å². The van der Waals surface area contributed by atoms with E-state index in [1.807, 2.05) is 32.9 Å². The number of hydrogen-bond acceptors (Lipinski definition) is 5. The molecule has 2 aromatic rings. The highest BCUT2D eigenvalue weighted by molar-refractivity contribution is 6.28. The van der Waals surface area contributed by atoms with E-state index in [9.17, 15) is 0 Å². The molecule has 0 spiro atoms. The fourth-order valence-electron chi connectivity index (χ4n) is 1.41. The van der Waals surface area contributed by atoms with E-state index in [0.717, 1.165) is 11.3 Å². The number of aryl methyl sites for hydroxylation is 1. The number of rotatable bonds is 3. The molecule has 0 saturated carbocycles. The van der Waals surface area contributed by atoms with E-state index in [1.54, 1.807) is 6.20 Å². The summed E-state index contributed by atoms with van der Waals surface area (Å²) in [5, 5.41) is 0.116. The first kappa shape index (κ1) is 12.7. The second-order valence-electron chi connectivity index (χ2n) is 4.06. The van der Waals surface area contributed by atoms with Crippen LogP contribution in [0.4, 0.5) is 0 Å². The van der Waals surface area contributed by atoms with E-state index in [2.05, 4.69) is 19.9 Å². The van der Waals surface area contributed by atoms with Crippen molar-refractivity contribution in [3.63, 3.8) is 0 Å². The Morgan fingerprint density at radius 1 is 1.22 bits per heavy atom. The molecule has 0 amide bonds. The summed E-state index contributed by atoms with van der Waals surface area (Å²) in [5.74, 6) is 0.483. The van der Waals surface area contributed by atoms with Crippen LogP contribution in [0, 0.1) is 6.92 Å². The molecule has 0 aliphatic carbocycles. The maximum Gasteiger partial charge on any atom is 0.321 e. The quantitative estimate of drug-likeness (QED) is 0.853. The third-order valence-electron chi connectivity index (χ3n) is 2.08. The van der Waals surface area contributed by atoms with E-state index in [4.69, 9.17) is 16.3 Å². The van der Waals surface area contributed by atoms with Crippen LogP contribution in [-0.2, 0) is 0 Å². The lowest BCUT2D eigenvalue weighted by atomic mass is 10.2. The van der Waals surface area contributed by atoms with Crippen LogP contribution >= 0.6 is 11.6 Å². The Kier molecular flexibility index (Phi) is 3.72. The highest BCUT2D eigenvalue weighted by Gasteiger charge is 2.09. The molecule has 2 heterocycles. The van der Waals surface area contributed by atoms with Crippen molar-refractivity contribution < 1.29 is 4.74 Å². The van der Waals surface area contributed by atoms with Gasteiger partial charge in [0, 0.05) is 17.5 Å². The predicted octanol–water partition coefficient (Wildman–Crippen LogP) is 2.68. The number of aromatic nitrogens is 4. The molecule has 2 rings (SSSR count). The monoisotopic (exact) mass is 264 g/mol.